The maximum Gasteiger partial charge on any atom is 0.336 e. The number of carbonyl (C=O) groups excluding carboxylic acids is 1. The number of phenols is 1. The Hall–Kier alpha value is -1.04. The predicted octanol–water partition coefficient (Wildman–Crippen LogP) is 3.49. The van der Waals surface area contributed by atoms with Crippen molar-refractivity contribution >= 4 is 28.6 Å². The fourth-order valence-corrected chi connectivity index (χ4v) is 2.00. The summed E-state index contributed by atoms with van der Waals surface area (Å²) in [6.07, 6.45) is 1.44. The molecule has 0 aliphatic rings. The first kappa shape index (κ1) is 14.0. The third-order valence-corrected chi connectivity index (χ3v) is 3.21. The molecule has 4 heteroatoms. The number of hydrogen-bond acceptors (Lipinski definition) is 3. The van der Waals surface area contributed by atoms with E-state index >= 15 is 0 Å². The fourth-order valence-electron chi connectivity index (χ4n) is 1.31. The van der Waals surface area contributed by atoms with Crippen molar-refractivity contribution in [1.82, 2.24) is 0 Å². The molecule has 92 valence electrons. The van der Waals surface area contributed by atoms with E-state index in [1.807, 2.05) is 43.4 Å². The molecule has 0 atom stereocenters. The van der Waals surface area contributed by atoms with Crippen LogP contribution in [0.1, 0.15) is 25.0 Å². The van der Waals surface area contributed by atoms with Crippen molar-refractivity contribution in [3.8, 4) is 11.5 Å². The average Bonchev–Trinajstić information content (AvgIpc) is 2.21. The van der Waals surface area contributed by atoms with E-state index in [0.29, 0.717) is 9.32 Å². The molecule has 0 saturated heterocycles. The fraction of sp³-hybridized carbons (Fsp3) is 0.308. The lowest BCUT2D eigenvalue weighted by atomic mass is 10.1. The number of phenolic OH excluding ortho intramolecular Hbond substituents is 1. The zero-order valence-corrected chi connectivity index (χ0v) is 12.5. The Morgan fingerprint density at radius 2 is 1.94 bits per heavy atom. The third-order valence-electron chi connectivity index (χ3n) is 2.39. The van der Waals surface area contributed by atoms with E-state index in [4.69, 9.17) is 4.74 Å². The maximum atomic E-state index is 11.5. The van der Waals surface area contributed by atoms with Crippen LogP contribution in [0.15, 0.2) is 17.7 Å². The molecule has 1 rings (SSSR count). The number of rotatable bonds is 2. The Morgan fingerprint density at radius 3 is 2.47 bits per heavy atom. The summed E-state index contributed by atoms with van der Waals surface area (Å²) in [5.41, 5.74) is 2.40. The highest BCUT2D eigenvalue weighted by atomic mass is 127. The van der Waals surface area contributed by atoms with Gasteiger partial charge in [-0.05, 0) is 67.5 Å². The predicted molar refractivity (Wildman–Crippen MR) is 75.4 cm³/mol. The Morgan fingerprint density at radius 1 is 1.35 bits per heavy atom. The minimum atomic E-state index is -0.394. The highest BCUT2D eigenvalue weighted by molar-refractivity contribution is 14.1. The number of halogens is 1. The van der Waals surface area contributed by atoms with Crippen molar-refractivity contribution in [1.29, 1.82) is 0 Å². The van der Waals surface area contributed by atoms with Gasteiger partial charge in [-0.1, -0.05) is 5.57 Å². The van der Waals surface area contributed by atoms with Crippen LogP contribution < -0.4 is 4.74 Å². The first-order chi connectivity index (χ1) is 7.82. The number of ether oxygens (including phenoxy) is 1. The van der Waals surface area contributed by atoms with Gasteiger partial charge in [0.1, 0.15) is 11.5 Å². The molecule has 0 aromatic heterocycles. The second kappa shape index (κ2) is 5.53. The van der Waals surface area contributed by atoms with Gasteiger partial charge in [-0.2, -0.15) is 0 Å². The molecule has 1 aromatic carbocycles. The smallest absolute Gasteiger partial charge is 0.336 e. The van der Waals surface area contributed by atoms with E-state index in [1.165, 1.54) is 6.08 Å². The van der Waals surface area contributed by atoms with Gasteiger partial charge in [0.25, 0.3) is 0 Å². The second-order valence-corrected chi connectivity index (χ2v) is 5.26. The standard InChI is InChI=1S/C13H15IO3/c1-7(2)5-12(15)17-11-6-10(14)13(16)9(4)8(11)3/h5-6,16H,1-4H3. The monoisotopic (exact) mass is 346 g/mol. The minimum absolute atomic E-state index is 0.241. The lowest BCUT2D eigenvalue weighted by Gasteiger charge is -2.11. The Labute approximate surface area is 115 Å². The highest BCUT2D eigenvalue weighted by Gasteiger charge is 2.13. The molecular formula is C13H15IO3. The topological polar surface area (TPSA) is 46.5 Å². The largest absolute Gasteiger partial charge is 0.507 e. The van der Waals surface area contributed by atoms with Gasteiger partial charge >= 0.3 is 5.97 Å². The number of aromatic hydroxyl groups is 1. The summed E-state index contributed by atoms with van der Waals surface area (Å²) >= 11 is 2.01. The maximum absolute atomic E-state index is 11.5. The summed E-state index contributed by atoms with van der Waals surface area (Å²) in [6.45, 7) is 7.28. The Kier molecular flexibility index (Phi) is 4.56. The van der Waals surface area contributed by atoms with E-state index in [0.717, 1.165) is 16.7 Å². The lowest BCUT2D eigenvalue weighted by molar-refractivity contribution is -0.129. The molecule has 1 N–H and O–H groups in total. The lowest BCUT2D eigenvalue weighted by Crippen LogP contribution is -2.06. The number of allylic oxidation sites excluding steroid dienone is 1. The second-order valence-electron chi connectivity index (χ2n) is 4.10. The van der Waals surface area contributed by atoms with Crippen LogP contribution in [-0.4, -0.2) is 11.1 Å². The average molecular weight is 346 g/mol. The van der Waals surface area contributed by atoms with Gasteiger partial charge in [-0.25, -0.2) is 4.79 Å². The van der Waals surface area contributed by atoms with Gasteiger partial charge in [0.15, 0.2) is 0 Å². The molecule has 0 bridgehead atoms. The highest BCUT2D eigenvalue weighted by Crippen LogP contribution is 2.33. The number of esters is 1. The van der Waals surface area contributed by atoms with Crippen molar-refractivity contribution < 1.29 is 14.6 Å². The molecule has 0 radical (unpaired) electrons. The molecule has 0 amide bonds. The van der Waals surface area contributed by atoms with Gasteiger partial charge in [0, 0.05) is 6.08 Å². The van der Waals surface area contributed by atoms with E-state index in [-0.39, 0.29) is 5.75 Å². The van der Waals surface area contributed by atoms with Crippen LogP contribution in [0.5, 0.6) is 11.5 Å². The van der Waals surface area contributed by atoms with Crippen molar-refractivity contribution in [2.24, 2.45) is 0 Å². The molecule has 17 heavy (non-hydrogen) atoms. The van der Waals surface area contributed by atoms with Crippen LogP contribution in [-0.2, 0) is 4.79 Å². The van der Waals surface area contributed by atoms with Gasteiger partial charge < -0.3 is 9.84 Å². The van der Waals surface area contributed by atoms with Crippen molar-refractivity contribution in [2.45, 2.75) is 27.7 Å². The van der Waals surface area contributed by atoms with Gasteiger partial charge in [-0.15, -0.1) is 0 Å². The molecule has 0 saturated carbocycles. The summed E-state index contributed by atoms with van der Waals surface area (Å²) in [7, 11) is 0. The number of carbonyl (C=O) groups is 1. The first-order valence-electron chi connectivity index (χ1n) is 5.18. The summed E-state index contributed by atoms with van der Waals surface area (Å²) in [5, 5.41) is 9.73. The summed E-state index contributed by atoms with van der Waals surface area (Å²) in [4.78, 5) is 11.5. The molecule has 0 unspecified atom stereocenters. The van der Waals surface area contributed by atoms with E-state index < -0.39 is 5.97 Å². The van der Waals surface area contributed by atoms with Crippen LogP contribution in [0, 0.1) is 17.4 Å². The van der Waals surface area contributed by atoms with E-state index in [1.54, 1.807) is 13.0 Å². The van der Waals surface area contributed by atoms with Crippen LogP contribution in [0.2, 0.25) is 0 Å². The quantitative estimate of drug-likeness (QED) is 0.386. The SMILES string of the molecule is CC(C)=CC(=O)Oc1cc(I)c(O)c(C)c1C. The molecule has 1 aromatic rings. The van der Waals surface area contributed by atoms with Crippen molar-refractivity contribution in [3.63, 3.8) is 0 Å². The van der Waals surface area contributed by atoms with E-state index in [9.17, 15) is 9.90 Å². The number of benzene rings is 1. The number of hydrogen-bond donors (Lipinski definition) is 1. The summed E-state index contributed by atoms with van der Waals surface area (Å²) in [5.74, 6) is 0.339. The molecule has 0 fully saturated rings. The van der Waals surface area contributed by atoms with Gasteiger partial charge in [-0.3, -0.25) is 0 Å². The molecular weight excluding hydrogens is 331 g/mol. The van der Waals surface area contributed by atoms with Crippen LogP contribution in [0.3, 0.4) is 0 Å². The van der Waals surface area contributed by atoms with Crippen LogP contribution in [0.4, 0.5) is 0 Å². The van der Waals surface area contributed by atoms with E-state index in [2.05, 4.69) is 0 Å². The minimum Gasteiger partial charge on any atom is -0.507 e. The molecule has 0 aliphatic heterocycles. The first-order valence-corrected chi connectivity index (χ1v) is 6.26. The zero-order chi connectivity index (χ0) is 13.2. The Balaban J connectivity index is 3.09. The summed E-state index contributed by atoms with van der Waals surface area (Å²) < 4.78 is 5.91. The normalized spacial score (nSPS) is 9.94. The van der Waals surface area contributed by atoms with Crippen LogP contribution in [0.25, 0.3) is 0 Å². The van der Waals surface area contributed by atoms with Gasteiger partial charge in [0.2, 0.25) is 0 Å². The molecule has 3 nitrogen and oxygen atoms in total. The summed E-state index contributed by atoms with van der Waals surface area (Å²) in [6, 6.07) is 1.66. The third kappa shape index (κ3) is 3.46. The van der Waals surface area contributed by atoms with Crippen molar-refractivity contribution in [2.75, 3.05) is 0 Å². The molecule has 0 heterocycles. The molecule has 0 spiro atoms. The Bertz CT molecular complexity index is 486. The van der Waals surface area contributed by atoms with Crippen molar-refractivity contribution in [3.05, 3.63) is 32.4 Å². The van der Waals surface area contributed by atoms with Gasteiger partial charge in [0.05, 0.1) is 3.57 Å². The molecule has 0 aliphatic carbocycles. The zero-order valence-electron chi connectivity index (χ0n) is 10.3. The van der Waals surface area contributed by atoms with Crippen LogP contribution >= 0.6 is 22.6 Å².